The summed E-state index contributed by atoms with van der Waals surface area (Å²) in [6.07, 6.45) is 1.39. The molecule has 0 aliphatic heterocycles. The fourth-order valence-electron chi connectivity index (χ4n) is 2.58. The molecule has 3 aromatic rings. The molecule has 1 amide bonds. The maximum atomic E-state index is 13.4. The number of hydrogen-bond donors (Lipinski definition) is 1. The van der Waals surface area contributed by atoms with Crippen LogP contribution in [-0.2, 0) is 11.3 Å². The van der Waals surface area contributed by atoms with Crippen molar-refractivity contribution in [3.05, 3.63) is 59.4 Å². The first kappa shape index (κ1) is 15.1. The summed E-state index contributed by atoms with van der Waals surface area (Å²) in [5.41, 5.74) is 3.48. The number of imidazole rings is 1. The number of fused-ring (bicyclic) bond motifs is 1. The molecule has 6 heteroatoms. The topological polar surface area (TPSA) is 46.9 Å². The number of carbonyl (C=O) groups excluding carboxylic acids is 1. The van der Waals surface area contributed by atoms with Gasteiger partial charge in [0.1, 0.15) is 6.54 Å². The fourth-order valence-corrected chi connectivity index (χ4v) is 2.58. The zero-order valence-electron chi connectivity index (χ0n) is 12.7. The van der Waals surface area contributed by atoms with Crippen LogP contribution in [-0.4, -0.2) is 15.5 Å². The first-order valence-corrected chi connectivity index (χ1v) is 7.10. The maximum absolute atomic E-state index is 13.4. The number of anilines is 1. The largest absolute Gasteiger partial charge is 0.325 e. The molecule has 0 saturated heterocycles. The van der Waals surface area contributed by atoms with Crippen LogP contribution in [0.1, 0.15) is 11.1 Å². The van der Waals surface area contributed by atoms with Gasteiger partial charge in [-0.1, -0.05) is 6.07 Å². The minimum absolute atomic E-state index is 0.0332. The van der Waals surface area contributed by atoms with Crippen LogP contribution < -0.4 is 5.32 Å². The molecule has 0 unspecified atom stereocenters. The molecule has 1 aromatic heterocycles. The van der Waals surface area contributed by atoms with E-state index >= 15 is 0 Å². The second-order valence-electron chi connectivity index (χ2n) is 5.55. The highest BCUT2D eigenvalue weighted by Gasteiger charge is 2.11. The van der Waals surface area contributed by atoms with E-state index in [1.807, 2.05) is 32.0 Å². The Morgan fingerprint density at radius 3 is 2.43 bits per heavy atom. The van der Waals surface area contributed by atoms with E-state index in [0.29, 0.717) is 16.7 Å². The van der Waals surface area contributed by atoms with Gasteiger partial charge in [-0.05, 0) is 37.1 Å². The molecule has 1 N–H and O–H groups in total. The molecular formula is C17H15F2N3O. The van der Waals surface area contributed by atoms with Gasteiger partial charge in [-0.3, -0.25) is 4.79 Å². The number of nitrogens with zero attached hydrogens (tertiary/aromatic N) is 2. The number of benzene rings is 2. The van der Waals surface area contributed by atoms with Gasteiger partial charge in [0.2, 0.25) is 5.91 Å². The van der Waals surface area contributed by atoms with E-state index < -0.39 is 11.6 Å². The molecule has 1 heterocycles. The van der Waals surface area contributed by atoms with E-state index in [-0.39, 0.29) is 12.5 Å². The quantitative estimate of drug-likeness (QED) is 0.803. The summed E-state index contributed by atoms with van der Waals surface area (Å²) < 4.78 is 28.0. The number of nitrogens with one attached hydrogen (secondary N) is 1. The number of amides is 1. The molecule has 0 saturated carbocycles. The lowest BCUT2D eigenvalue weighted by Crippen LogP contribution is -2.18. The number of aromatic nitrogens is 2. The summed E-state index contributed by atoms with van der Waals surface area (Å²) in [6, 6.07) is 7.80. The number of rotatable bonds is 3. The van der Waals surface area contributed by atoms with Gasteiger partial charge in [0.15, 0.2) is 11.6 Å². The predicted molar refractivity (Wildman–Crippen MR) is 84.2 cm³/mol. The fraction of sp³-hybridized carbons (Fsp3) is 0.176. The van der Waals surface area contributed by atoms with Crippen LogP contribution in [0.3, 0.4) is 0 Å². The van der Waals surface area contributed by atoms with Crippen molar-refractivity contribution < 1.29 is 13.6 Å². The van der Waals surface area contributed by atoms with Crippen LogP contribution in [0.4, 0.5) is 14.5 Å². The molecule has 3 rings (SSSR count). The molecule has 0 bridgehead atoms. The van der Waals surface area contributed by atoms with Crippen LogP contribution in [0.25, 0.3) is 11.0 Å². The molecule has 0 radical (unpaired) electrons. The van der Waals surface area contributed by atoms with Gasteiger partial charge in [-0.2, -0.15) is 0 Å². The van der Waals surface area contributed by atoms with E-state index in [4.69, 9.17) is 0 Å². The second-order valence-corrected chi connectivity index (χ2v) is 5.55. The monoisotopic (exact) mass is 315 g/mol. The molecular weight excluding hydrogens is 300 g/mol. The van der Waals surface area contributed by atoms with Gasteiger partial charge < -0.3 is 9.88 Å². The minimum atomic E-state index is -0.964. The van der Waals surface area contributed by atoms with Gasteiger partial charge in [0.25, 0.3) is 0 Å². The summed E-state index contributed by atoms with van der Waals surface area (Å²) in [7, 11) is 0. The number of hydrogen-bond acceptors (Lipinski definition) is 2. The first-order valence-electron chi connectivity index (χ1n) is 7.10. The van der Waals surface area contributed by atoms with Crippen LogP contribution in [0.15, 0.2) is 36.7 Å². The van der Waals surface area contributed by atoms with Crippen molar-refractivity contribution in [2.75, 3.05) is 5.32 Å². The molecule has 23 heavy (non-hydrogen) atoms. The second kappa shape index (κ2) is 5.79. The van der Waals surface area contributed by atoms with Crippen molar-refractivity contribution >= 4 is 22.6 Å². The van der Waals surface area contributed by atoms with Crippen LogP contribution in [0.2, 0.25) is 0 Å². The molecule has 0 fully saturated rings. The van der Waals surface area contributed by atoms with E-state index in [1.165, 1.54) is 10.9 Å². The summed E-state index contributed by atoms with van der Waals surface area (Å²) >= 11 is 0. The summed E-state index contributed by atoms with van der Waals surface area (Å²) in [4.78, 5) is 16.2. The third-order valence-electron chi connectivity index (χ3n) is 3.48. The highest BCUT2D eigenvalue weighted by molar-refractivity contribution is 5.91. The van der Waals surface area contributed by atoms with Crippen molar-refractivity contribution in [3.8, 4) is 0 Å². The summed E-state index contributed by atoms with van der Waals surface area (Å²) in [5.74, 6) is -2.18. The average Bonchev–Trinajstić information content (AvgIpc) is 2.80. The van der Waals surface area contributed by atoms with Crippen molar-refractivity contribution in [1.29, 1.82) is 0 Å². The average molecular weight is 315 g/mol. The van der Waals surface area contributed by atoms with Crippen LogP contribution in [0.5, 0.6) is 0 Å². The van der Waals surface area contributed by atoms with Gasteiger partial charge >= 0.3 is 0 Å². The normalized spacial score (nSPS) is 11.0. The highest BCUT2D eigenvalue weighted by atomic mass is 19.2. The van der Waals surface area contributed by atoms with Gasteiger partial charge in [0.05, 0.1) is 17.4 Å². The van der Waals surface area contributed by atoms with Crippen LogP contribution in [0, 0.1) is 25.5 Å². The highest BCUT2D eigenvalue weighted by Crippen LogP contribution is 2.18. The Labute approximate surface area is 131 Å². The van der Waals surface area contributed by atoms with Crippen molar-refractivity contribution in [3.63, 3.8) is 0 Å². The van der Waals surface area contributed by atoms with Crippen molar-refractivity contribution in [2.24, 2.45) is 0 Å². The maximum Gasteiger partial charge on any atom is 0.244 e. The molecule has 0 spiro atoms. The van der Waals surface area contributed by atoms with E-state index in [1.54, 1.807) is 0 Å². The molecule has 2 aromatic carbocycles. The first-order chi connectivity index (χ1) is 10.9. The van der Waals surface area contributed by atoms with E-state index in [0.717, 1.165) is 23.3 Å². The van der Waals surface area contributed by atoms with E-state index in [9.17, 15) is 13.6 Å². The lowest BCUT2D eigenvalue weighted by Gasteiger charge is -2.09. The molecule has 0 aliphatic rings. The number of carbonyl (C=O) groups is 1. The zero-order chi connectivity index (χ0) is 16.6. The summed E-state index contributed by atoms with van der Waals surface area (Å²) in [5, 5.41) is 2.80. The standard InChI is InChI=1S/C17H15F2N3O/c1-10-3-11(2)5-12(4-10)21-17(23)8-22-9-20-15-6-13(18)14(19)7-16(15)22/h3-7,9H,8H2,1-2H3,(H,21,23). The number of halogens is 2. The molecule has 118 valence electrons. The Kier molecular flexibility index (Phi) is 3.82. The molecule has 0 aliphatic carbocycles. The van der Waals surface area contributed by atoms with Gasteiger partial charge in [-0.25, -0.2) is 13.8 Å². The zero-order valence-corrected chi connectivity index (χ0v) is 12.7. The van der Waals surface area contributed by atoms with Crippen LogP contribution >= 0.6 is 0 Å². The Bertz CT molecular complexity index is 882. The third kappa shape index (κ3) is 3.21. The van der Waals surface area contributed by atoms with E-state index in [2.05, 4.69) is 10.3 Å². The third-order valence-corrected chi connectivity index (χ3v) is 3.48. The van der Waals surface area contributed by atoms with Crippen molar-refractivity contribution in [2.45, 2.75) is 20.4 Å². The number of aryl methyl sites for hydroxylation is 2. The molecule has 4 nitrogen and oxygen atoms in total. The lowest BCUT2D eigenvalue weighted by atomic mass is 10.1. The van der Waals surface area contributed by atoms with Crippen molar-refractivity contribution in [1.82, 2.24) is 9.55 Å². The Hall–Kier alpha value is -2.76. The van der Waals surface area contributed by atoms with Gasteiger partial charge in [0, 0.05) is 17.8 Å². The smallest absolute Gasteiger partial charge is 0.244 e. The Morgan fingerprint density at radius 2 is 1.74 bits per heavy atom. The minimum Gasteiger partial charge on any atom is -0.325 e. The van der Waals surface area contributed by atoms with Gasteiger partial charge in [-0.15, -0.1) is 0 Å². The predicted octanol–water partition coefficient (Wildman–Crippen LogP) is 3.57. The lowest BCUT2D eigenvalue weighted by molar-refractivity contribution is -0.116. The Morgan fingerprint density at radius 1 is 1.09 bits per heavy atom. The Balaban J connectivity index is 1.81. The molecule has 0 atom stereocenters. The SMILES string of the molecule is Cc1cc(C)cc(NC(=O)Cn2cnc3cc(F)c(F)cc32)c1. The summed E-state index contributed by atoms with van der Waals surface area (Å²) in [6.45, 7) is 3.86.